The number of benzene rings is 1. The summed E-state index contributed by atoms with van der Waals surface area (Å²) in [6.45, 7) is 2.28. The molecule has 2 N–H and O–H groups in total. The van der Waals surface area contributed by atoms with Crippen molar-refractivity contribution in [2.45, 2.75) is 38.3 Å². The van der Waals surface area contributed by atoms with Crippen LogP contribution < -0.4 is 5.73 Å². The zero-order valence-corrected chi connectivity index (χ0v) is 11.4. The fraction of sp³-hybridized carbons (Fsp3) is 0.438. The predicted octanol–water partition coefficient (Wildman–Crippen LogP) is 3.29. The van der Waals surface area contributed by atoms with Crippen LogP contribution in [0, 0.1) is 5.92 Å². The van der Waals surface area contributed by atoms with Gasteiger partial charge in [0.15, 0.2) is 0 Å². The Morgan fingerprint density at radius 2 is 2.00 bits per heavy atom. The van der Waals surface area contributed by atoms with Crippen molar-refractivity contribution in [2.75, 3.05) is 0 Å². The fourth-order valence-electron chi connectivity index (χ4n) is 2.88. The summed E-state index contributed by atoms with van der Waals surface area (Å²) in [6.07, 6.45) is 7.87. The smallest absolute Gasteiger partial charge is 0.0951 e. The Labute approximate surface area is 114 Å². The molecule has 19 heavy (non-hydrogen) atoms. The number of hydrogen-bond acceptors (Lipinski definition) is 2. The Hall–Kier alpha value is -1.61. The van der Waals surface area contributed by atoms with Crippen LogP contribution in [0.25, 0.3) is 0 Å². The number of imidazole rings is 1. The molecule has 1 aliphatic rings. The molecule has 3 nitrogen and oxygen atoms in total. The third-order valence-electron chi connectivity index (χ3n) is 4.44. The van der Waals surface area contributed by atoms with E-state index in [9.17, 15) is 0 Å². The molecule has 2 unspecified atom stereocenters. The minimum Gasteiger partial charge on any atom is -0.330 e. The summed E-state index contributed by atoms with van der Waals surface area (Å²) in [7, 11) is 0. The van der Waals surface area contributed by atoms with Crippen LogP contribution in [0.2, 0.25) is 0 Å². The SMILES string of the molecule is CC(C1CCC1)n1cncc1C(N)c1ccccc1. The van der Waals surface area contributed by atoms with Gasteiger partial charge in [0.05, 0.1) is 24.3 Å². The molecule has 1 aromatic carbocycles. The van der Waals surface area contributed by atoms with E-state index in [2.05, 4.69) is 28.6 Å². The van der Waals surface area contributed by atoms with Crippen LogP contribution in [0.15, 0.2) is 42.9 Å². The van der Waals surface area contributed by atoms with Crippen LogP contribution in [-0.2, 0) is 0 Å². The maximum absolute atomic E-state index is 6.40. The first-order valence-corrected chi connectivity index (χ1v) is 7.09. The van der Waals surface area contributed by atoms with Crippen molar-refractivity contribution in [3.05, 3.63) is 54.1 Å². The van der Waals surface area contributed by atoms with Gasteiger partial charge in [-0.1, -0.05) is 36.8 Å². The molecule has 1 saturated carbocycles. The molecule has 0 bridgehead atoms. The number of aromatic nitrogens is 2. The van der Waals surface area contributed by atoms with Crippen molar-refractivity contribution in [3.8, 4) is 0 Å². The molecule has 1 fully saturated rings. The highest BCUT2D eigenvalue weighted by molar-refractivity contribution is 5.26. The molecule has 0 spiro atoms. The van der Waals surface area contributed by atoms with Gasteiger partial charge in [-0.15, -0.1) is 0 Å². The van der Waals surface area contributed by atoms with Crippen molar-refractivity contribution in [3.63, 3.8) is 0 Å². The number of rotatable bonds is 4. The van der Waals surface area contributed by atoms with Crippen LogP contribution >= 0.6 is 0 Å². The molecule has 0 aliphatic heterocycles. The second-order valence-electron chi connectivity index (χ2n) is 5.55. The predicted molar refractivity (Wildman–Crippen MR) is 76.8 cm³/mol. The summed E-state index contributed by atoms with van der Waals surface area (Å²) in [4.78, 5) is 4.31. The highest BCUT2D eigenvalue weighted by atomic mass is 15.1. The van der Waals surface area contributed by atoms with Crippen molar-refractivity contribution in [1.29, 1.82) is 0 Å². The Kier molecular flexibility index (Phi) is 3.38. The van der Waals surface area contributed by atoms with Crippen molar-refractivity contribution in [1.82, 2.24) is 9.55 Å². The second kappa shape index (κ2) is 5.17. The maximum Gasteiger partial charge on any atom is 0.0951 e. The maximum atomic E-state index is 6.40. The standard InChI is InChI=1S/C16H21N3/c1-12(13-8-5-9-13)19-11-18-10-15(19)16(17)14-6-3-2-4-7-14/h2-4,6-7,10-13,16H,5,8-9,17H2,1H3. The van der Waals surface area contributed by atoms with E-state index in [1.807, 2.05) is 30.7 Å². The van der Waals surface area contributed by atoms with Crippen LogP contribution in [0.4, 0.5) is 0 Å². The molecule has 3 heteroatoms. The molecule has 1 aliphatic carbocycles. The summed E-state index contributed by atoms with van der Waals surface area (Å²) in [5, 5.41) is 0. The first-order chi connectivity index (χ1) is 9.27. The Bertz CT molecular complexity index is 528. The van der Waals surface area contributed by atoms with Gasteiger partial charge >= 0.3 is 0 Å². The van der Waals surface area contributed by atoms with Gasteiger partial charge in [0.1, 0.15) is 0 Å². The molecule has 1 aromatic heterocycles. The monoisotopic (exact) mass is 255 g/mol. The molecular formula is C16H21N3. The fourth-order valence-corrected chi connectivity index (χ4v) is 2.88. The minimum absolute atomic E-state index is 0.0915. The molecular weight excluding hydrogens is 234 g/mol. The number of nitrogens with zero attached hydrogens (tertiary/aromatic N) is 2. The number of nitrogens with two attached hydrogens (primary N) is 1. The Morgan fingerprint density at radius 1 is 1.26 bits per heavy atom. The lowest BCUT2D eigenvalue weighted by Crippen LogP contribution is -2.26. The van der Waals surface area contributed by atoms with Crippen LogP contribution in [0.1, 0.15) is 49.5 Å². The zero-order valence-electron chi connectivity index (χ0n) is 11.4. The Morgan fingerprint density at radius 3 is 2.63 bits per heavy atom. The van der Waals surface area contributed by atoms with Crippen molar-refractivity contribution < 1.29 is 0 Å². The topological polar surface area (TPSA) is 43.8 Å². The zero-order chi connectivity index (χ0) is 13.2. The van der Waals surface area contributed by atoms with Crippen molar-refractivity contribution >= 4 is 0 Å². The molecule has 0 amide bonds. The van der Waals surface area contributed by atoms with Crippen LogP contribution in [0.5, 0.6) is 0 Å². The second-order valence-corrected chi connectivity index (χ2v) is 5.55. The van der Waals surface area contributed by atoms with Crippen LogP contribution in [0.3, 0.4) is 0 Å². The van der Waals surface area contributed by atoms with Gasteiger partial charge in [0.25, 0.3) is 0 Å². The average molecular weight is 255 g/mol. The number of hydrogen-bond donors (Lipinski definition) is 1. The lowest BCUT2D eigenvalue weighted by atomic mass is 9.80. The third-order valence-corrected chi connectivity index (χ3v) is 4.44. The molecule has 2 aromatic rings. The van der Waals surface area contributed by atoms with Crippen LogP contribution in [-0.4, -0.2) is 9.55 Å². The van der Waals surface area contributed by atoms with E-state index < -0.39 is 0 Å². The summed E-state index contributed by atoms with van der Waals surface area (Å²) in [5.74, 6) is 0.788. The molecule has 0 saturated heterocycles. The first-order valence-electron chi connectivity index (χ1n) is 7.09. The third kappa shape index (κ3) is 2.30. The van der Waals surface area contributed by atoms with Gasteiger partial charge in [0.2, 0.25) is 0 Å². The van der Waals surface area contributed by atoms with E-state index in [1.54, 1.807) is 0 Å². The van der Waals surface area contributed by atoms with E-state index in [1.165, 1.54) is 19.3 Å². The molecule has 100 valence electrons. The van der Waals surface area contributed by atoms with E-state index in [4.69, 9.17) is 5.73 Å². The quantitative estimate of drug-likeness (QED) is 0.911. The van der Waals surface area contributed by atoms with Gasteiger partial charge in [-0.2, -0.15) is 0 Å². The summed E-state index contributed by atoms with van der Waals surface area (Å²) < 4.78 is 2.27. The summed E-state index contributed by atoms with van der Waals surface area (Å²) in [6, 6.07) is 10.7. The van der Waals surface area contributed by atoms with Crippen molar-refractivity contribution in [2.24, 2.45) is 11.7 Å². The highest BCUT2D eigenvalue weighted by Crippen LogP contribution is 2.37. The Balaban J connectivity index is 1.87. The first kappa shape index (κ1) is 12.4. The average Bonchev–Trinajstić information content (AvgIpc) is 2.86. The van der Waals surface area contributed by atoms with E-state index >= 15 is 0 Å². The molecule has 2 atom stereocenters. The molecule has 3 rings (SSSR count). The van der Waals surface area contributed by atoms with Gasteiger partial charge in [-0.05, 0) is 31.2 Å². The van der Waals surface area contributed by atoms with Gasteiger partial charge in [-0.3, -0.25) is 0 Å². The normalized spacial score (nSPS) is 18.8. The van der Waals surface area contributed by atoms with E-state index in [-0.39, 0.29) is 6.04 Å². The van der Waals surface area contributed by atoms with Gasteiger partial charge in [0, 0.05) is 6.04 Å². The van der Waals surface area contributed by atoms with E-state index in [0.717, 1.165) is 17.2 Å². The van der Waals surface area contributed by atoms with Gasteiger partial charge in [-0.25, -0.2) is 4.98 Å². The minimum atomic E-state index is -0.0915. The lowest BCUT2D eigenvalue weighted by molar-refractivity contribution is 0.219. The lowest BCUT2D eigenvalue weighted by Gasteiger charge is -2.33. The summed E-state index contributed by atoms with van der Waals surface area (Å²) >= 11 is 0. The highest BCUT2D eigenvalue weighted by Gasteiger charge is 2.27. The molecule has 0 radical (unpaired) electrons. The van der Waals surface area contributed by atoms with Gasteiger partial charge < -0.3 is 10.3 Å². The molecule has 1 heterocycles. The summed E-state index contributed by atoms with van der Waals surface area (Å²) in [5.41, 5.74) is 8.66. The largest absolute Gasteiger partial charge is 0.330 e. The van der Waals surface area contributed by atoms with E-state index in [0.29, 0.717) is 6.04 Å².